The van der Waals surface area contributed by atoms with E-state index in [-0.39, 0.29) is 11.6 Å². The number of aromatic amines is 1. The van der Waals surface area contributed by atoms with Crippen LogP contribution in [0.1, 0.15) is 27.9 Å². The molecule has 0 aliphatic heterocycles. The fourth-order valence-corrected chi connectivity index (χ4v) is 2.75. The number of aromatic nitrogens is 2. The van der Waals surface area contributed by atoms with Crippen LogP contribution in [0.3, 0.4) is 0 Å². The molecule has 5 nitrogen and oxygen atoms in total. The van der Waals surface area contributed by atoms with E-state index < -0.39 is 0 Å². The maximum atomic E-state index is 12.2. The molecular weight excluding hydrogens is 302 g/mol. The lowest BCUT2D eigenvalue weighted by atomic mass is 10.1. The van der Waals surface area contributed by atoms with Crippen molar-refractivity contribution in [2.75, 3.05) is 6.54 Å². The van der Waals surface area contributed by atoms with Gasteiger partial charge in [0.2, 0.25) is 0 Å². The Balaban J connectivity index is 1.58. The van der Waals surface area contributed by atoms with Crippen LogP contribution in [0.25, 0.3) is 11.0 Å². The second kappa shape index (κ2) is 6.74. The molecule has 124 valence electrons. The molecule has 0 fully saturated rings. The molecule has 0 aliphatic rings. The second-order valence-corrected chi connectivity index (χ2v) is 6.01. The van der Waals surface area contributed by atoms with E-state index in [1.807, 2.05) is 56.3 Å². The number of carbonyl (C=O) groups is 1. The zero-order valence-corrected chi connectivity index (χ0v) is 13.9. The van der Waals surface area contributed by atoms with Crippen molar-refractivity contribution in [2.45, 2.75) is 26.8 Å². The largest absolute Gasteiger partial charge is 0.352 e. The molecule has 1 heterocycles. The van der Waals surface area contributed by atoms with Gasteiger partial charge >= 0.3 is 5.69 Å². The Bertz CT molecular complexity index is 937. The normalized spacial score (nSPS) is 10.9. The minimum Gasteiger partial charge on any atom is -0.352 e. The predicted molar refractivity (Wildman–Crippen MR) is 95.4 cm³/mol. The van der Waals surface area contributed by atoms with Gasteiger partial charge in [-0.1, -0.05) is 18.2 Å². The van der Waals surface area contributed by atoms with Gasteiger partial charge in [0.25, 0.3) is 5.91 Å². The van der Waals surface area contributed by atoms with Crippen LogP contribution in [0.5, 0.6) is 0 Å². The number of hydrogen-bond donors (Lipinski definition) is 2. The van der Waals surface area contributed by atoms with Crippen LogP contribution in [-0.4, -0.2) is 22.0 Å². The third-order valence-electron chi connectivity index (χ3n) is 4.29. The van der Waals surface area contributed by atoms with E-state index >= 15 is 0 Å². The average Bonchev–Trinajstić information content (AvgIpc) is 2.89. The summed E-state index contributed by atoms with van der Waals surface area (Å²) in [4.78, 5) is 27.0. The first-order chi connectivity index (χ1) is 11.6. The number of H-pyrrole nitrogens is 1. The SMILES string of the molecule is Cc1ccc(C(=O)NCCCn2c(=O)[nH]c3ccccc32)cc1C. The van der Waals surface area contributed by atoms with E-state index in [2.05, 4.69) is 10.3 Å². The van der Waals surface area contributed by atoms with Gasteiger partial charge in [-0.3, -0.25) is 9.36 Å². The lowest BCUT2D eigenvalue weighted by Gasteiger charge is -2.08. The zero-order valence-electron chi connectivity index (χ0n) is 13.9. The molecule has 3 rings (SSSR count). The number of carbonyl (C=O) groups excluding carboxylic acids is 1. The fraction of sp³-hybridized carbons (Fsp3) is 0.263. The number of nitrogens with one attached hydrogen (secondary N) is 2. The maximum absolute atomic E-state index is 12.2. The van der Waals surface area contributed by atoms with Gasteiger partial charge in [0.05, 0.1) is 11.0 Å². The summed E-state index contributed by atoms with van der Waals surface area (Å²) in [6.07, 6.45) is 0.693. The first-order valence-corrected chi connectivity index (χ1v) is 8.09. The molecular formula is C19H21N3O2. The number of nitrogens with zero attached hydrogens (tertiary/aromatic N) is 1. The molecule has 0 bridgehead atoms. The first-order valence-electron chi connectivity index (χ1n) is 8.09. The molecule has 0 spiro atoms. The van der Waals surface area contributed by atoms with E-state index in [1.54, 1.807) is 4.57 Å². The zero-order chi connectivity index (χ0) is 17.1. The van der Waals surface area contributed by atoms with Gasteiger partial charge in [-0.05, 0) is 55.7 Å². The number of imidazole rings is 1. The van der Waals surface area contributed by atoms with Gasteiger partial charge in [0.1, 0.15) is 0 Å². The van der Waals surface area contributed by atoms with Crippen LogP contribution < -0.4 is 11.0 Å². The third-order valence-corrected chi connectivity index (χ3v) is 4.29. The smallest absolute Gasteiger partial charge is 0.326 e. The highest BCUT2D eigenvalue weighted by molar-refractivity contribution is 5.94. The number of fused-ring (bicyclic) bond motifs is 1. The van der Waals surface area contributed by atoms with Crippen molar-refractivity contribution in [3.63, 3.8) is 0 Å². The first kappa shape index (κ1) is 16.1. The summed E-state index contributed by atoms with van der Waals surface area (Å²) in [5, 5.41) is 2.91. The van der Waals surface area contributed by atoms with E-state index in [1.165, 1.54) is 5.56 Å². The van der Waals surface area contributed by atoms with Crippen LogP contribution in [0.2, 0.25) is 0 Å². The summed E-state index contributed by atoms with van der Waals surface area (Å²) in [6, 6.07) is 13.3. The van der Waals surface area contributed by atoms with Gasteiger partial charge in [0, 0.05) is 18.7 Å². The maximum Gasteiger partial charge on any atom is 0.326 e. The van der Waals surface area contributed by atoms with E-state index in [4.69, 9.17) is 0 Å². The molecule has 1 aromatic heterocycles. The Morgan fingerprint density at radius 1 is 1.12 bits per heavy atom. The fourth-order valence-electron chi connectivity index (χ4n) is 2.75. The Morgan fingerprint density at radius 2 is 1.92 bits per heavy atom. The number of benzene rings is 2. The van der Waals surface area contributed by atoms with Crippen molar-refractivity contribution in [1.29, 1.82) is 0 Å². The van der Waals surface area contributed by atoms with Gasteiger partial charge in [-0.2, -0.15) is 0 Å². The van der Waals surface area contributed by atoms with Crippen molar-refractivity contribution in [3.05, 3.63) is 69.6 Å². The van der Waals surface area contributed by atoms with E-state index in [0.29, 0.717) is 25.1 Å². The molecule has 0 atom stereocenters. The van der Waals surface area contributed by atoms with Crippen LogP contribution in [0.4, 0.5) is 0 Å². The number of rotatable bonds is 5. The van der Waals surface area contributed by atoms with Gasteiger partial charge in [-0.15, -0.1) is 0 Å². The molecule has 2 aromatic carbocycles. The molecule has 3 aromatic rings. The molecule has 0 saturated heterocycles. The summed E-state index contributed by atoms with van der Waals surface area (Å²) >= 11 is 0. The van der Waals surface area contributed by atoms with Crippen LogP contribution in [0, 0.1) is 13.8 Å². The topological polar surface area (TPSA) is 66.9 Å². The van der Waals surface area contributed by atoms with Crippen molar-refractivity contribution in [2.24, 2.45) is 0 Å². The Kier molecular flexibility index (Phi) is 4.51. The molecule has 24 heavy (non-hydrogen) atoms. The number of amides is 1. The number of hydrogen-bond acceptors (Lipinski definition) is 2. The average molecular weight is 323 g/mol. The highest BCUT2D eigenvalue weighted by Crippen LogP contribution is 2.10. The second-order valence-electron chi connectivity index (χ2n) is 6.01. The van der Waals surface area contributed by atoms with Crippen molar-refractivity contribution >= 4 is 16.9 Å². The molecule has 0 saturated carbocycles. The number of para-hydroxylation sites is 2. The van der Waals surface area contributed by atoms with Gasteiger partial charge < -0.3 is 10.3 Å². The van der Waals surface area contributed by atoms with Crippen LogP contribution >= 0.6 is 0 Å². The monoisotopic (exact) mass is 323 g/mol. The van der Waals surface area contributed by atoms with Crippen LogP contribution in [-0.2, 0) is 6.54 Å². The molecule has 0 radical (unpaired) electrons. The lowest BCUT2D eigenvalue weighted by Crippen LogP contribution is -2.26. The summed E-state index contributed by atoms with van der Waals surface area (Å²) < 4.78 is 1.71. The van der Waals surface area contributed by atoms with E-state index in [0.717, 1.165) is 16.6 Å². The Morgan fingerprint density at radius 3 is 2.71 bits per heavy atom. The minimum atomic E-state index is -0.114. The summed E-state index contributed by atoms with van der Waals surface area (Å²) in [5.41, 5.74) is 4.56. The molecule has 0 unspecified atom stereocenters. The van der Waals surface area contributed by atoms with Crippen LogP contribution in [0.15, 0.2) is 47.3 Å². The molecule has 5 heteroatoms. The third kappa shape index (κ3) is 3.25. The number of aryl methyl sites for hydroxylation is 3. The highest BCUT2D eigenvalue weighted by Gasteiger charge is 2.08. The quantitative estimate of drug-likeness (QED) is 0.709. The summed E-state index contributed by atoms with van der Waals surface area (Å²) in [6.45, 7) is 5.11. The van der Waals surface area contributed by atoms with Crippen molar-refractivity contribution in [3.8, 4) is 0 Å². The van der Waals surface area contributed by atoms with Gasteiger partial charge in [0.15, 0.2) is 0 Å². The predicted octanol–water partition coefficient (Wildman–Crippen LogP) is 2.77. The molecule has 2 N–H and O–H groups in total. The molecule has 1 amide bonds. The Hall–Kier alpha value is -2.82. The summed E-state index contributed by atoms with van der Waals surface area (Å²) in [5.74, 6) is -0.0793. The molecule has 0 aliphatic carbocycles. The van der Waals surface area contributed by atoms with Gasteiger partial charge in [-0.25, -0.2) is 4.79 Å². The Labute approximate surface area is 140 Å². The summed E-state index contributed by atoms with van der Waals surface area (Å²) in [7, 11) is 0. The standard InChI is InChI=1S/C19H21N3O2/c1-13-8-9-15(12-14(13)2)18(23)20-10-5-11-22-17-7-4-3-6-16(17)21-19(22)24/h3-4,6-9,12H,5,10-11H2,1-2H3,(H,20,23)(H,21,24). The highest BCUT2D eigenvalue weighted by atomic mass is 16.2. The van der Waals surface area contributed by atoms with Crippen molar-refractivity contribution in [1.82, 2.24) is 14.9 Å². The van der Waals surface area contributed by atoms with E-state index in [9.17, 15) is 9.59 Å². The minimum absolute atomic E-state index is 0.0793. The van der Waals surface area contributed by atoms with Crippen molar-refractivity contribution < 1.29 is 4.79 Å². The lowest BCUT2D eigenvalue weighted by molar-refractivity contribution is 0.0952.